The largest absolute Gasteiger partial charge is 0.345 e. The van der Waals surface area contributed by atoms with Crippen molar-refractivity contribution in [2.45, 2.75) is 44.4 Å². The van der Waals surface area contributed by atoms with Crippen molar-refractivity contribution in [3.63, 3.8) is 0 Å². The van der Waals surface area contributed by atoms with Gasteiger partial charge in [-0.15, -0.1) is 0 Å². The van der Waals surface area contributed by atoms with Crippen molar-refractivity contribution < 1.29 is 9.18 Å². The van der Waals surface area contributed by atoms with Gasteiger partial charge in [0.15, 0.2) is 0 Å². The highest BCUT2D eigenvalue weighted by Gasteiger charge is 2.46. The van der Waals surface area contributed by atoms with E-state index in [0.29, 0.717) is 35.2 Å². The Morgan fingerprint density at radius 3 is 2.69 bits per heavy atom. The van der Waals surface area contributed by atoms with Gasteiger partial charge in [-0.1, -0.05) is 6.92 Å². The van der Waals surface area contributed by atoms with Crippen LogP contribution in [0.3, 0.4) is 0 Å². The summed E-state index contributed by atoms with van der Waals surface area (Å²) < 4.78 is 14.0. The van der Waals surface area contributed by atoms with Gasteiger partial charge in [-0.05, 0) is 97.4 Å². The summed E-state index contributed by atoms with van der Waals surface area (Å²) in [5, 5.41) is 0.976. The maximum absolute atomic E-state index is 14.0. The number of fused-ring (bicyclic) bond motifs is 4. The number of imidazole rings is 1. The third-order valence-electron chi connectivity index (χ3n) is 8.42. The molecule has 2 heterocycles. The Bertz CT molecular complexity index is 1430. The standard InChI is InChI=1S/C29H31FN4O/c1-16(28-32-26-6-4-17(14-27(26)33-28)29(35)34(2)3)10-18-11-20-12-19(18)13-23(20)22-8-9-31-25-7-5-21(30)15-24(22)25/h4-9,14-16,18-20,23H,10-13H2,1-3H3,(H,32,33)/t16-,18?,19?,20?,23?/m1/s1. The fraction of sp³-hybridized carbons (Fsp3) is 0.414. The zero-order valence-corrected chi connectivity index (χ0v) is 20.5. The average Bonchev–Trinajstić information content (AvgIpc) is 3.56. The van der Waals surface area contributed by atoms with Gasteiger partial charge in [-0.3, -0.25) is 9.78 Å². The first-order valence-corrected chi connectivity index (χ1v) is 12.6. The number of halogens is 1. The average molecular weight is 471 g/mol. The minimum absolute atomic E-state index is 0.00246. The predicted molar refractivity (Wildman–Crippen MR) is 136 cm³/mol. The van der Waals surface area contributed by atoms with Crippen LogP contribution in [0.1, 0.15) is 66.2 Å². The molecule has 6 heteroatoms. The number of hydrogen-bond acceptors (Lipinski definition) is 3. The van der Waals surface area contributed by atoms with E-state index in [1.54, 1.807) is 31.1 Å². The highest BCUT2D eigenvalue weighted by atomic mass is 19.1. The number of aromatic amines is 1. The molecule has 2 aromatic carbocycles. The van der Waals surface area contributed by atoms with Crippen molar-refractivity contribution in [3.8, 4) is 0 Å². The Morgan fingerprint density at radius 2 is 1.91 bits per heavy atom. The van der Waals surface area contributed by atoms with Crippen molar-refractivity contribution in [1.29, 1.82) is 0 Å². The van der Waals surface area contributed by atoms with Crippen LogP contribution in [-0.4, -0.2) is 39.9 Å². The molecular weight excluding hydrogens is 439 g/mol. The first-order valence-electron chi connectivity index (χ1n) is 12.6. The number of rotatable bonds is 5. The van der Waals surface area contributed by atoms with Gasteiger partial charge in [0.25, 0.3) is 5.91 Å². The lowest BCUT2D eigenvalue weighted by Gasteiger charge is -2.30. The van der Waals surface area contributed by atoms with Gasteiger partial charge in [0, 0.05) is 37.2 Å². The molecule has 4 unspecified atom stereocenters. The van der Waals surface area contributed by atoms with E-state index in [1.807, 2.05) is 24.4 Å². The van der Waals surface area contributed by atoms with Crippen LogP contribution in [0.4, 0.5) is 4.39 Å². The van der Waals surface area contributed by atoms with Gasteiger partial charge in [-0.2, -0.15) is 0 Å². The highest BCUT2D eigenvalue weighted by molar-refractivity contribution is 5.97. The molecule has 5 atom stereocenters. The number of amides is 1. The molecule has 35 heavy (non-hydrogen) atoms. The lowest BCUT2D eigenvalue weighted by molar-refractivity contribution is 0.0827. The molecular formula is C29H31FN4O. The smallest absolute Gasteiger partial charge is 0.253 e. The van der Waals surface area contributed by atoms with E-state index in [-0.39, 0.29) is 11.7 Å². The Labute approximate surface area is 204 Å². The molecule has 2 bridgehead atoms. The van der Waals surface area contributed by atoms with Crippen molar-refractivity contribution in [2.75, 3.05) is 14.1 Å². The molecule has 0 aliphatic heterocycles. The molecule has 2 aliphatic carbocycles. The van der Waals surface area contributed by atoms with Gasteiger partial charge in [-0.25, -0.2) is 9.37 Å². The van der Waals surface area contributed by atoms with Crippen molar-refractivity contribution in [3.05, 3.63) is 71.4 Å². The number of nitrogens with zero attached hydrogens (tertiary/aromatic N) is 3. The number of aromatic nitrogens is 3. The number of carbonyl (C=O) groups excluding carboxylic acids is 1. The normalized spacial score (nSPS) is 24.3. The summed E-state index contributed by atoms with van der Waals surface area (Å²) in [5.41, 5.74) is 4.66. The summed E-state index contributed by atoms with van der Waals surface area (Å²) in [4.78, 5) is 26.7. The number of carbonyl (C=O) groups is 1. The van der Waals surface area contributed by atoms with Gasteiger partial charge in [0.2, 0.25) is 0 Å². The van der Waals surface area contributed by atoms with Gasteiger partial charge in [0.1, 0.15) is 11.6 Å². The Kier molecular flexibility index (Phi) is 5.35. The summed E-state index contributed by atoms with van der Waals surface area (Å²) in [5.74, 6) is 3.69. The zero-order valence-electron chi connectivity index (χ0n) is 20.5. The van der Waals surface area contributed by atoms with E-state index in [4.69, 9.17) is 4.98 Å². The number of hydrogen-bond donors (Lipinski definition) is 1. The molecule has 5 nitrogen and oxygen atoms in total. The van der Waals surface area contributed by atoms with Crippen molar-refractivity contribution in [1.82, 2.24) is 19.9 Å². The molecule has 1 N–H and O–H groups in total. The second kappa shape index (κ2) is 8.43. The summed E-state index contributed by atoms with van der Waals surface area (Å²) in [6.07, 6.45) is 6.65. The molecule has 0 radical (unpaired) electrons. The Hall–Kier alpha value is -3.28. The SMILES string of the molecule is C[C@H](CC1CC2CC1CC2c1ccnc2ccc(F)cc12)c1nc2ccc(C(=O)N(C)C)cc2[nH]1. The number of nitrogens with one attached hydrogen (secondary N) is 1. The van der Waals surface area contributed by atoms with Gasteiger partial charge >= 0.3 is 0 Å². The zero-order chi connectivity index (χ0) is 24.3. The Balaban J connectivity index is 1.17. The van der Waals surface area contributed by atoms with Gasteiger partial charge in [0.05, 0.1) is 16.6 Å². The second-order valence-electron chi connectivity index (χ2n) is 10.8. The van der Waals surface area contributed by atoms with E-state index in [1.165, 1.54) is 30.9 Å². The third-order valence-corrected chi connectivity index (χ3v) is 8.42. The van der Waals surface area contributed by atoms with E-state index in [2.05, 4.69) is 23.0 Å². The molecule has 4 aromatic rings. The first kappa shape index (κ1) is 22.2. The summed E-state index contributed by atoms with van der Waals surface area (Å²) in [6, 6.07) is 12.7. The summed E-state index contributed by atoms with van der Waals surface area (Å²) in [7, 11) is 3.53. The lowest BCUT2D eigenvalue weighted by atomic mass is 9.75. The highest BCUT2D eigenvalue weighted by Crippen LogP contribution is 2.58. The Morgan fingerprint density at radius 1 is 1.09 bits per heavy atom. The fourth-order valence-electron chi connectivity index (χ4n) is 6.75. The van der Waals surface area contributed by atoms with Gasteiger partial charge < -0.3 is 9.88 Å². The van der Waals surface area contributed by atoms with Crippen LogP contribution >= 0.6 is 0 Å². The van der Waals surface area contributed by atoms with Crippen molar-refractivity contribution in [2.24, 2.45) is 17.8 Å². The van der Waals surface area contributed by atoms with Crippen LogP contribution in [0.5, 0.6) is 0 Å². The molecule has 1 amide bonds. The third kappa shape index (κ3) is 3.89. The van der Waals surface area contributed by atoms with Crippen molar-refractivity contribution >= 4 is 27.8 Å². The molecule has 6 rings (SSSR count). The predicted octanol–water partition coefficient (Wildman–Crippen LogP) is 6.28. The topological polar surface area (TPSA) is 61.9 Å². The number of benzene rings is 2. The van der Waals surface area contributed by atoms with E-state index < -0.39 is 0 Å². The van der Waals surface area contributed by atoms with Crippen LogP contribution in [0.25, 0.3) is 21.9 Å². The van der Waals surface area contributed by atoms with Crippen LogP contribution in [-0.2, 0) is 0 Å². The molecule has 2 saturated carbocycles. The fourth-order valence-corrected chi connectivity index (χ4v) is 6.75. The summed E-state index contributed by atoms with van der Waals surface area (Å²) in [6.45, 7) is 2.26. The lowest BCUT2D eigenvalue weighted by Crippen LogP contribution is -2.21. The monoisotopic (exact) mass is 470 g/mol. The first-order chi connectivity index (χ1) is 16.9. The van der Waals surface area contributed by atoms with E-state index in [9.17, 15) is 9.18 Å². The molecule has 180 valence electrons. The molecule has 2 aromatic heterocycles. The maximum atomic E-state index is 14.0. The minimum atomic E-state index is -0.189. The van der Waals surface area contributed by atoms with Crippen LogP contribution in [0.15, 0.2) is 48.7 Å². The molecule has 0 spiro atoms. The van der Waals surface area contributed by atoms with Crippen LogP contribution < -0.4 is 0 Å². The van der Waals surface area contributed by atoms with Crippen LogP contribution in [0, 0.1) is 23.6 Å². The van der Waals surface area contributed by atoms with Crippen LogP contribution in [0.2, 0.25) is 0 Å². The number of pyridine rings is 1. The van der Waals surface area contributed by atoms with E-state index >= 15 is 0 Å². The number of H-pyrrole nitrogens is 1. The summed E-state index contributed by atoms with van der Waals surface area (Å²) >= 11 is 0. The second-order valence-corrected chi connectivity index (χ2v) is 10.8. The molecule has 2 fully saturated rings. The maximum Gasteiger partial charge on any atom is 0.253 e. The molecule has 2 aliphatic rings. The molecule has 0 saturated heterocycles. The van der Waals surface area contributed by atoms with E-state index in [0.717, 1.165) is 34.2 Å². The minimum Gasteiger partial charge on any atom is -0.345 e. The quantitative estimate of drug-likeness (QED) is 0.374.